The van der Waals surface area contributed by atoms with Crippen LogP contribution in [0.5, 0.6) is 0 Å². The summed E-state index contributed by atoms with van der Waals surface area (Å²) in [5.41, 5.74) is 2.54. The predicted molar refractivity (Wildman–Crippen MR) is 141 cm³/mol. The van der Waals surface area contributed by atoms with Gasteiger partial charge in [0, 0.05) is 6.42 Å². The van der Waals surface area contributed by atoms with Crippen molar-refractivity contribution in [3.8, 4) is 0 Å². The number of hydrogen-bond acceptors (Lipinski definition) is 2. The molecule has 2 nitrogen and oxygen atoms in total. The van der Waals surface area contributed by atoms with E-state index in [0.717, 1.165) is 36.5 Å². The molecule has 3 saturated carbocycles. The molecule has 188 valence electrons. The Bertz CT molecular complexity index is 714. The van der Waals surface area contributed by atoms with E-state index < -0.39 is 0 Å². The molecule has 8 atom stereocenters. The highest BCUT2D eigenvalue weighted by molar-refractivity contribution is 9.10. The maximum Gasteiger partial charge on any atom is 0.319 e. The van der Waals surface area contributed by atoms with E-state index in [-0.39, 0.29) is 16.9 Å². The van der Waals surface area contributed by atoms with E-state index in [4.69, 9.17) is 4.74 Å². The molecule has 0 radical (unpaired) electrons. The Kier molecular flexibility index (Phi) is 8.40. The molecule has 0 aliphatic heterocycles. The van der Waals surface area contributed by atoms with E-state index in [0.29, 0.717) is 10.8 Å². The summed E-state index contributed by atoms with van der Waals surface area (Å²) < 4.78 is 5.82. The highest BCUT2D eigenvalue weighted by atomic mass is 79.9. The number of allylic oxidation sites excluding steroid dienone is 1. The smallest absolute Gasteiger partial charge is 0.319 e. The van der Waals surface area contributed by atoms with E-state index in [1.165, 1.54) is 83.5 Å². The summed E-state index contributed by atoms with van der Waals surface area (Å²) in [6, 6.07) is 0. The molecule has 4 rings (SSSR count). The number of alkyl halides is 1. The van der Waals surface area contributed by atoms with E-state index in [9.17, 15) is 4.79 Å². The molecule has 8 unspecified atom stereocenters. The number of halogens is 1. The van der Waals surface area contributed by atoms with Crippen molar-refractivity contribution >= 4 is 21.9 Å². The summed E-state index contributed by atoms with van der Waals surface area (Å²) in [6.07, 6.45) is 23.0. The predicted octanol–water partition coefficient (Wildman–Crippen LogP) is 9.01. The highest BCUT2D eigenvalue weighted by Gasteiger charge is 2.58. The molecule has 3 heteroatoms. The van der Waals surface area contributed by atoms with Crippen LogP contribution in [0, 0.1) is 34.5 Å². The van der Waals surface area contributed by atoms with Gasteiger partial charge in [-0.3, -0.25) is 4.79 Å². The highest BCUT2D eigenvalue weighted by Crippen LogP contribution is 2.66. The Morgan fingerprint density at radius 1 is 1.06 bits per heavy atom. The van der Waals surface area contributed by atoms with Crippen molar-refractivity contribution in [2.45, 2.75) is 135 Å². The first kappa shape index (κ1) is 25.8. The van der Waals surface area contributed by atoms with Crippen LogP contribution < -0.4 is 0 Å². The monoisotopic (exact) mass is 520 g/mol. The molecule has 0 bridgehead atoms. The zero-order chi connectivity index (χ0) is 23.6. The first-order chi connectivity index (χ1) is 15.8. The molecule has 0 spiro atoms. The van der Waals surface area contributed by atoms with Gasteiger partial charge in [-0.05, 0) is 92.8 Å². The van der Waals surface area contributed by atoms with E-state index >= 15 is 0 Å². The van der Waals surface area contributed by atoms with Gasteiger partial charge < -0.3 is 4.74 Å². The van der Waals surface area contributed by atoms with Crippen LogP contribution in [-0.4, -0.2) is 16.9 Å². The Morgan fingerprint density at radius 3 is 2.58 bits per heavy atom. The third kappa shape index (κ3) is 5.14. The SMILES string of the molecule is CCCCCCCCC1CCC2C3CC=C4CC(OC(=O)C(C)Br)CCC4(C)C3CCC12C. The summed E-state index contributed by atoms with van der Waals surface area (Å²) in [6.45, 7) is 9.42. The third-order valence-electron chi connectivity index (χ3n) is 10.8. The number of rotatable bonds is 9. The van der Waals surface area contributed by atoms with E-state index in [2.05, 4.69) is 42.8 Å². The lowest BCUT2D eigenvalue weighted by atomic mass is 9.47. The number of carbonyl (C=O) groups excluding carboxylic acids is 1. The molecule has 0 heterocycles. The van der Waals surface area contributed by atoms with Gasteiger partial charge in [-0.1, -0.05) is 86.9 Å². The second kappa shape index (κ2) is 10.8. The lowest BCUT2D eigenvalue weighted by molar-refractivity contribution is -0.150. The van der Waals surface area contributed by atoms with Gasteiger partial charge >= 0.3 is 5.97 Å². The maximum absolute atomic E-state index is 12.1. The van der Waals surface area contributed by atoms with Gasteiger partial charge in [-0.2, -0.15) is 0 Å². The summed E-state index contributed by atoms with van der Waals surface area (Å²) in [5, 5.41) is 0. The van der Waals surface area contributed by atoms with Crippen molar-refractivity contribution in [3.63, 3.8) is 0 Å². The van der Waals surface area contributed by atoms with Gasteiger partial charge in [0.1, 0.15) is 10.9 Å². The normalized spacial score (nSPS) is 40.9. The molecular weight excluding hydrogens is 472 g/mol. The Morgan fingerprint density at radius 2 is 1.82 bits per heavy atom. The van der Waals surface area contributed by atoms with Crippen molar-refractivity contribution in [2.75, 3.05) is 0 Å². The lowest BCUT2D eigenvalue weighted by Gasteiger charge is -2.58. The van der Waals surface area contributed by atoms with Gasteiger partial charge in [0.2, 0.25) is 0 Å². The number of carbonyl (C=O) groups is 1. The topological polar surface area (TPSA) is 26.3 Å². The molecule has 0 amide bonds. The maximum atomic E-state index is 12.1. The van der Waals surface area contributed by atoms with Crippen LogP contribution in [0.4, 0.5) is 0 Å². The number of fused-ring (bicyclic) bond motifs is 5. The molecular formula is C30H49BrO2. The van der Waals surface area contributed by atoms with Crippen LogP contribution in [0.3, 0.4) is 0 Å². The van der Waals surface area contributed by atoms with Crippen molar-refractivity contribution in [1.82, 2.24) is 0 Å². The van der Waals surface area contributed by atoms with Gasteiger partial charge in [0.25, 0.3) is 0 Å². The van der Waals surface area contributed by atoms with Crippen molar-refractivity contribution < 1.29 is 9.53 Å². The van der Waals surface area contributed by atoms with Gasteiger partial charge in [0.05, 0.1) is 0 Å². The molecule has 33 heavy (non-hydrogen) atoms. The van der Waals surface area contributed by atoms with Crippen LogP contribution in [0.2, 0.25) is 0 Å². The fraction of sp³-hybridized carbons (Fsp3) is 0.900. The Balaban J connectivity index is 1.38. The van der Waals surface area contributed by atoms with Gasteiger partial charge in [-0.15, -0.1) is 0 Å². The average molecular weight is 522 g/mol. The fourth-order valence-corrected chi connectivity index (χ4v) is 8.85. The number of esters is 1. The van der Waals surface area contributed by atoms with Crippen molar-refractivity contribution in [3.05, 3.63) is 11.6 Å². The van der Waals surface area contributed by atoms with Crippen molar-refractivity contribution in [1.29, 1.82) is 0 Å². The van der Waals surface area contributed by atoms with Crippen LogP contribution >= 0.6 is 15.9 Å². The van der Waals surface area contributed by atoms with Gasteiger partial charge in [-0.25, -0.2) is 0 Å². The summed E-state index contributed by atoms with van der Waals surface area (Å²) >= 11 is 3.37. The molecule has 0 aromatic heterocycles. The zero-order valence-electron chi connectivity index (χ0n) is 21.8. The van der Waals surface area contributed by atoms with Crippen LogP contribution in [0.15, 0.2) is 11.6 Å². The molecule has 4 aliphatic rings. The summed E-state index contributed by atoms with van der Waals surface area (Å²) in [4.78, 5) is 11.9. The summed E-state index contributed by atoms with van der Waals surface area (Å²) in [5.74, 6) is 3.52. The fourth-order valence-electron chi connectivity index (χ4n) is 8.74. The second-order valence-electron chi connectivity index (χ2n) is 12.6. The Labute approximate surface area is 212 Å². The van der Waals surface area contributed by atoms with E-state index in [1.54, 1.807) is 5.57 Å². The molecule has 0 saturated heterocycles. The number of unbranched alkanes of at least 4 members (excludes halogenated alkanes) is 5. The second-order valence-corrected chi connectivity index (χ2v) is 13.9. The minimum Gasteiger partial charge on any atom is -0.461 e. The molecule has 3 fully saturated rings. The third-order valence-corrected chi connectivity index (χ3v) is 11.1. The molecule has 0 aromatic carbocycles. The van der Waals surface area contributed by atoms with E-state index in [1.807, 2.05) is 6.92 Å². The minimum atomic E-state index is -0.210. The largest absolute Gasteiger partial charge is 0.461 e. The number of hydrogen-bond donors (Lipinski definition) is 0. The quantitative estimate of drug-likeness (QED) is 0.131. The molecule has 4 aliphatic carbocycles. The Hall–Kier alpha value is -0.310. The van der Waals surface area contributed by atoms with Gasteiger partial charge in [0.15, 0.2) is 0 Å². The van der Waals surface area contributed by atoms with Crippen LogP contribution in [-0.2, 0) is 9.53 Å². The van der Waals surface area contributed by atoms with Crippen LogP contribution in [0.25, 0.3) is 0 Å². The molecule has 0 aromatic rings. The zero-order valence-corrected chi connectivity index (χ0v) is 23.4. The first-order valence-corrected chi connectivity index (χ1v) is 15.2. The average Bonchev–Trinajstić information content (AvgIpc) is 3.12. The minimum absolute atomic E-state index is 0.0791. The molecule has 0 N–H and O–H groups in total. The standard InChI is InChI=1S/C30H49BrO2/c1-5-6-7-8-9-10-11-22-13-15-26-25-14-12-23-20-24(33-28(32)21(2)31)16-18-30(23,4)27(25)17-19-29(22,26)3/h12,21-22,24-27H,5-11,13-20H2,1-4H3. The first-order valence-electron chi connectivity index (χ1n) is 14.3. The lowest BCUT2D eigenvalue weighted by Crippen LogP contribution is -2.50. The summed E-state index contributed by atoms with van der Waals surface area (Å²) in [7, 11) is 0. The van der Waals surface area contributed by atoms with Crippen LogP contribution in [0.1, 0.15) is 124 Å². The number of ether oxygens (including phenoxy) is 1. The van der Waals surface area contributed by atoms with Crippen molar-refractivity contribution in [2.24, 2.45) is 34.5 Å².